The second-order valence-corrected chi connectivity index (χ2v) is 9.91. The van der Waals surface area contributed by atoms with Crippen LogP contribution in [-0.4, -0.2) is 43.2 Å². The van der Waals surface area contributed by atoms with E-state index in [1.165, 1.54) is 18.2 Å². The molecule has 0 fully saturated rings. The second-order valence-electron chi connectivity index (χ2n) is 8.35. The minimum Gasteiger partial charge on any atom is -0.460 e. The van der Waals surface area contributed by atoms with Gasteiger partial charge in [0.1, 0.15) is 11.5 Å². The number of sulfonamides is 1. The van der Waals surface area contributed by atoms with Crippen molar-refractivity contribution in [3.63, 3.8) is 0 Å². The highest BCUT2D eigenvalue weighted by molar-refractivity contribution is 7.89. The number of primary sulfonamides is 1. The fraction of sp³-hybridized carbons (Fsp3) is 0.148. The molecule has 10 nitrogen and oxygen atoms in total. The molecule has 0 saturated carbocycles. The van der Waals surface area contributed by atoms with E-state index in [1.807, 2.05) is 49.4 Å². The number of carbonyl (C=O) groups is 2. The number of furan rings is 1. The lowest BCUT2D eigenvalue weighted by Crippen LogP contribution is -2.30. The lowest BCUT2D eigenvalue weighted by Gasteiger charge is -2.06. The first kappa shape index (κ1) is 26.6. The summed E-state index contributed by atoms with van der Waals surface area (Å²) in [7, 11) is -3.75. The molecule has 0 unspecified atom stereocenters. The molecule has 196 valence electrons. The van der Waals surface area contributed by atoms with Crippen molar-refractivity contribution in [2.75, 3.05) is 13.2 Å². The maximum absolute atomic E-state index is 12.3. The Morgan fingerprint density at radius 3 is 2.47 bits per heavy atom. The lowest BCUT2D eigenvalue weighted by atomic mass is 10.1. The number of hydrogen-bond acceptors (Lipinski definition) is 7. The van der Waals surface area contributed by atoms with Gasteiger partial charge in [-0.15, -0.1) is 0 Å². The Hall–Kier alpha value is -4.48. The lowest BCUT2D eigenvalue weighted by molar-refractivity contribution is -0.143. The average molecular weight is 535 g/mol. The van der Waals surface area contributed by atoms with Gasteiger partial charge in [-0.1, -0.05) is 30.3 Å². The summed E-state index contributed by atoms with van der Waals surface area (Å²) in [6.07, 6.45) is 5.02. The van der Waals surface area contributed by atoms with Gasteiger partial charge in [0.2, 0.25) is 10.0 Å². The smallest absolute Gasteiger partial charge is 0.331 e. The van der Waals surface area contributed by atoms with Crippen molar-refractivity contribution in [2.45, 2.75) is 18.2 Å². The van der Waals surface area contributed by atoms with Crippen molar-refractivity contribution in [2.24, 2.45) is 5.14 Å². The molecule has 11 heteroatoms. The highest BCUT2D eigenvalue weighted by Gasteiger charge is 2.14. The number of aromatic nitrogens is 2. The summed E-state index contributed by atoms with van der Waals surface area (Å²) < 4.78 is 35.1. The largest absolute Gasteiger partial charge is 0.460 e. The van der Waals surface area contributed by atoms with E-state index in [4.69, 9.17) is 14.3 Å². The molecule has 0 aliphatic carbocycles. The summed E-state index contributed by atoms with van der Waals surface area (Å²) in [5, 5.41) is 12.3. The number of esters is 1. The number of aryl methyl sites for hydroxylation is 1. The number of amides is 1. The van der Waals surface area contributed by atoms with Gasteiger partial charge in [-0.25, -0.2) is 23.0 Å². The molecule has 0 bridgehead atoms. The summed E-state index contributed by atoms with van der Waals surface area (Å²) in [4.78, 5) is 24.3. The minimum atomic E-state index is -3.75. The van der Waals surface area contributed by atoms with Gasteiger partial charge in [0.15, 0.2) is 12.4 Å². The van der Waals surface area contributed by atoms with Gasteiger partial charge < -0.3 is 14.5 Å². The van der Waals surface area contributed by atoms with Crippen molar-refractivity contribution in [1.82, 2.24) is 15.1 Å². The van der Waals surface area contributed by atoms with Gasteiger partial charge in [0.25, 0.3) is 5.91 Å². The molecule has 0 aliphatic heterocycles. The van der Waals surface area contributed by atoms with Gasteiger partial charge >= 0.3 is 5.97 Å². The van der Waals surface area contributed by atoms with Crippen LogP contribution in [0.3, 0.4) is 0 Å². The van der Waals surface area contributed by atoms with Crippen LogP contribution in [0, 0.1) is 6.92 Å². The molecule has 0 aliphatic rings. The summed E-state index contributed by atoms with van der Waals surface area (Å²) in [6.45, 7) is 1.67. The molecule has 4 aromatic rings. The molecular formula is C27H26N4O6S. The van der Waals surface area contributed by atoms with E-state index < -0.39 is 28.5 Å². The SMILES string of the molecule is Cc1ccc(-c2nn(-c3ccccc3)cc2C=CC(=O)OCC(=O)NCCc2ccc(S(N)(=O)=O)cc2)o1. The maximum Gasteiger partial charge on any atom is 0.331 e. The van der Waals surface area contributed by atoms with E-state index in [1.54, 1.807) is 29.1 Å². The van der Waals surface area contributed by atoms with Crippen LogP contribution in [0.2, 0.25) is 0 Å². The zero-order valence-electron chi connectivity index (χ0n) is 20.5. The number of carbonyl (C=O) groups excluding carboxylic acids is 2. The zero-order valence-corrected chi connectivity index (χ0v) is 21.4. The molecule has 4 rings (SSSR count). The summed E-state index contributed by atoms with van der Waals surface area (Å²) in [5.74, 6) is 0.142. The first-order valence-corrected chi connectivity index (χ1v) is 13.2. The molecule has 3 N–H and O–H groups in total. The third-order valence-corrected chi connectivity index (χ3v) is 6.40. The topological polar surface area (TPSA) is 147 Å². The predicted molar refractivity (Wildman–Crippen MR) is 141 cm³/mol. The number of ether oxygens (including phenoxy) is 1. The summed E-state index contributed by atoms with van der Waals surface area (Å²) >= 11 is 0. The van der Waals surface area contributed by atoms with Crippen LogP contribution in [-0.2, 0) is 30.8 Å². The fourth-order valence-corrected chi connectivity index (χ4v) is 4.08. The van der Waals surface area contributed by atoms with Crippen LogP contribution < -0.4 is 10.5 Å². The van der Waals surface area contributed by atoms with E-state index in [-0.39, 0.29) is 11.4 Å². The quantitative estimate of drug-likeness (QED) is 0.235. The Labute approximate surface area is 219 Å². The number of nitrogens with zero attached hydrogens (tertiary/aromatic N) is 2. The third kappa shape index (κ3) is 7.05. The molecule has 2 aromatic heterocycles. The Morgan fingerprint density at radius 2 is 1.82 bits per heavy atom. The number of nitrogens with two attached hydrogens (primary N) is 1. The van der Waals surface area contributed by atoms with Crippen molar-refractivity contribution >= 4 is 28.0 Å². The zero-order chi connectivity index (χ0) is 27.1. The number of hydrogen-bond donors (Lipinski definition) is 2. The van der Waals surface area contributed by atoms with Crippen molar-refractivity contribution in [3.8, 4) is 17.1 Å². The Kier molecular flexibility index (Phi) is 8.19. The number of benzene rings is 2. The van der Waals surface area contributed by atoms with E-state index >= 15 is 0 Å². The van der Waals surface area contributed by atoms with Gasteiger partial charge in [-0.2, -0.15) is 5.10 Å². The molecule has 2 aromatic carbocycles. The number of rotatable bonds is 10. The molecule has 0 atom stereocenters. The normalized spacial score (nSPS) is 11.5. The molecule has 0 saturated heterocycles. The molecular weight excluding hydrogens is 508 g/mol. The van der Waals surface area contributed by atoms with E-state index in [9.17, 15) is 18.0 Å². The van der Waals surface area contributed by atoms with Crippen LogP contribution in [0.1, 0.15) is 16.9 Å². The highest BCUT2D eigenvalue weighted by atomic mass is 32.2. The highest BCUT2D eigenvalue weighted by Crippen LogP contribution is 2.26. The summed E-state index contributed by atoms with van der Waals surface area (Å²) in [5.41, 5.74) is 2.85. The first-order valence-electron chi connectivity index (χ1n) is 11.6. The number of nitrogens with one attached hydrogen (secondary N) is 1. The molecule has 0 radical (unpaired) electrons. The first-order chi connectivity index (χ1) is 18.2. The average Bonchev–Trinajstić information content (AvgIpc) is 3.52. The molecule has 1 amide bonds. The van der Waals surface area contributed by atoms with Gasteiger partial charge in [0, 0.05) is 24.4 Å². The molecule has 0 spiro atoms. The van der Waals surface area contributed by atoms with Crippen LogP contribution in [0.4, 0.5) is 0 Å². The Balaban J connectivity index is 1.31. The van der Waals surface area contributed by atoms with Crippen LogP contribution >= 0.6 is 0 Å². The monoisotopic (exact) mass is 534 g/mol. The fourth-order valence-electron chi connectivity index (χ4n) is 3.56. The van der Waals surface area contributed by atoms with Gasteiger partial charge in [-0.3, -0.25) is 4.79 Å². The van der Waals surface area contributed by atoms with E-state index in [2.05, 4.69) is 10.4 Å². The maximum atomic E-state index is 12.3. The number of para-hydroxylation sites is 1. The van der Waals surface area contributed by atoms with Crippen molar-refractivity contribution < 1.29 is 27.2 Å². The second kappa shape index (κ2) is 11.7. The predicted octanol–water partition coefficient (Wildman–Crippen LogP) is 3.00. The Bertz CT molecular complexity index is 1550. The van der Waals surface area contributed by atoms with E-state index in [0.29, 0.717) is 23.4 Å². The van der Waals surface area contributed by atoms with Gasteiger partial charge in [0.05, 0.1) is 10.6 Å². The van der Waals surface area contributed by atoms with Crippen molar-refractivity contribution in [1.29, 1.82) is 0 Å². The summed E-state index contributed by atoms with van der Waals surface area (Å²) in [6, 6.07) is 19.2. The molecule has 38 heavy (non-hydrogen) atoms. The van der Waals surface area contributed by atoms with Crippen molar-refractivity contribution in [3.05, 3.63) is 95.9 Å². The van der Waals surface area contributed by atoms with Crippen LogP contribution in [0.5, 0.6) is 0 Å². The van der Waals surface area contributed by atoms with Crippen LogP contribution in [0.15, 0.2) is 88.3 Å². The van der Waals surface area contributed by atoms with E-state index in [0.717, 1.165) is 17.0 Å². The van der Waals surface area contributed by atoms with Gasteiger partial charge in [-0.05, 0) is 61.4 Å². The van der Waals surface area contributed by atoms with Crippen LogP contribution in [0.25, 0.3) is 23.2 Å². The standard InChI is InChI=1S/C27H26N4O6S/c1-19-7-13-24(37-19)27-21(17-31(30-27)22-5-3-2-4-6-22)10-14-26(33)36-18-25(32)29-16-15-20-8-11-23(12-9-20)38(28,34)35/h2-14,17H,15-16,18H2,1H3,(H,29,32)(H2,28,34,35). The molecule has 2 heterocycles. The third-order valence-electron chi connectivity index (χ3n) is 5.47. The minimum absolute atomic E-state index is 0.0176. The Morgan fingerprint density at radius 1 is 1.08 bits per heavy atom.